The third-order valence-electron chi connectivity index (χ3n) is 8.18. The summed E-state index contributed by atoms with van der Waals surface area (Å²) in [4.78, 5) is 0. The fraction of sp³-hybridized carbons (Fsp3) is 0.316. The summed E-state index contributed by atoms with van der Waals surface area (Å²) in [5.41, 5.74) is 4.28. The van der Waals surface area contributed by atoms with Gasteiger partial charge in [0.1, 0.15) is 0 Å². The molecule has 0 amide bonds. The van der Waals surface area contributed by atoms with Gasteiger partial charge in [0, 0.05) is 5.69 Å². The average molecular weight is 546 g/mol. The van der Waals surface area contributed by atoms with E-state index in [1.54, 1.807) is 5.57 Å². The van der Waals surface area contributed by atoms with Gasteiger partial charge in [-0.15, -0.1) is 0 Å². The minimum atomic E-state index is -2.62. The molecule has 0 aliphatic carbocycles. The Balaban J connectivity index is 2.03. The van der Waals surface area contributed by atoms with E-state index in [0.717, 1.165) is 19.3 Å². The summed E-state index contributed by atoms with van der Waals surface area (Å²) in [5.74, 6) is 0.511. The second-order valence-corrected chi connectivity index (χ2v) is 16.6. The summed E-state index contributed by atoms with van der Waals surface area (Å²) in [7, 11) is -2.62. The standard InChI is InChI=1S/C38H47NSi/c1-6-20-33(30-32-22-12-8-13-23-32)34(21-7-2)31-39(35-24-14-9-15-25-35)40(38(3,4)5,36-26-16-10-17-27-36)37-28-18-11-19-29-37/h8-19,22-29,31,33H,6-7,20-21,30H2,1-5H3/b34-31+. The van der Waals surface area contributed by atoms with Crippen molar-refractivity contribution in [3.8, 4) is 0 Å². The normalized spacial score (nSPS) is 13.2. The zero-order valence-corrected chi connectivity index (χ0v) is 26.2. The van der Waals surface area contributed by atoms with Crippen molar-refractivity contribution in [1.29, 1.82) is 0 Å². The van der Waals surface area contributed by atoms with Crippen LogP contribution in [0.15, 0.2) is 133 Å². The van der Waals surface area contributed by atoms with Gasteiger partial charge in [-0.25, -0.2) is 0 Å². The number of anilines is 1. The maximum absolute atomic E-state index is 2.76. The molecular formula is C38H47NSi. The number of hydrogen-bond donors (Lipinski definition) is 0. The number of allylic oxidation sites excluding steroid dienone is 1. The molecule has 0 radical (unpaired) electrons. The summed E-state index contributed by atoms with van der Waals surface area (Å²) in [6.07, 6.45) is 8.33. The molecule has 0 saturated heterocycles. The minimum Gasteiger partial charge on any atom is -0.366 e. The first-order chi connectivity index (χ1) is 19.4. The Morgan fingerprint density at radius 3 is 1.60 bits per heavy atom. The van der Waals surface area contributed by atoms with Gasteiger partial charge in [0.15, 0.2) is 0 Å². The van der Waals surface area contributed by atoms with Crippen LogP contribution in [0, 0.1) is 5.92 Å². The molecule has 0 bridgehead atoms. The summed E-state index contributed by atoms with van der Waals surface area (Å²) in [5, 5.41) is 2.89. The van der Waals surface area contributed by atoms with Crippen LogP contribution in [0.4, 0.5) is 5.69 Å². The van der Waals surface area contributed by atoms with Crippen LogP contribution in [0.1, 0.15) is 65.9 Å². The van der Waals surface area contributed by atoms with Crippen molar-refractivity contribution < 1.29 is 0 Å². The zero-order chi connectivity index (χ0) is 28.4. The highest BCUT2D eigenvalue weighted by Crippen LogP contribution is 2.42. The lowest BCUT2D eigenvalue weighted by molar-refractivity contribution is 0.525. The van der Waals surface area contributed by atoms with Crippen LogP contribution in [-0.2, 0) is 6.42 Å². The Morgan fingerprint density at radius 2 is 1.15 bits per heavy atom. The first kappa shape index (κ1) is 29.6. The number of rotatable bonds is 12. The van der Waals surface area contributed by atoms with E-state index in [1.807, 2.05) is 0 Å². The van der Waals surface area contributed by atoms with E-state index in [0.29, 0.717) is 5.92 Å². The van der Waals surface area contributed by atoms with Crippen molar-refractivity contribution >= 4 is 24.3 Å². The predicted molar refractivity (Wildman–Crippen MR) is 178 cm³/mol. The quantitative estimate of drug-likeness (QED) is 0.160. The maximum atomic E-state index is 2.76. The monoisotopic (exact) mass is 545 g/mol. The van der Waals surface area contributed by atoms with Crippen LogP contribution in [0.2, 0.25) is 5.04 Å². The summed E-state index contributed by atoms with van der Waals surface area (Å²) < 4.78 is 2.76. The molecule has 0 N–H and O–H groups in total. The van der Waals surface area contributed by atoms with Gasteiger partial charge in [0.2, 0.25) is 8.24 Å². The van der Waals surface area contributed by atoms with E-state index < -0.39 is 8.24 Å². The van der Waals surface area contributed by atoms with Crippen LogP contribution < -0.4 is 14.9 Å². The van der Waals surface area contributed by atoms with Crippen molar-refractivity contribution in [2.75, 3.05) is 4.57 Å². The molecule has 0 aliphatic heterocycles. The van der Waals surface area contributed by atoms with Gasteiger partial charge in [0.05, 0.1) is 0 Å². The largest absolute Gasteiger partial charge is 0.366 e. The van der Waals surface area contributed by atoms with Gasteiger partial charge in [-0.1, -0.05) is 162 Å². The van der Waals surface area contributed by atoms with E-state index in [2.05, 4.69) is 167 Å². The molecular weight excluding hydrogens is 499 g/mol. The molecule has 1 nitrogen and oxygen atoms in total. The first-order valence-corrected chi connectivity index (χ1v) is 17.1. The lowest BCUT2D eigenvalue weighted by Crippen LogP contribution is -2.74. The number of nitrogens with zero attached hydrogens (tertiary/aromatic N) is 1. The van der Waals surface area contributed by atoms with Gasteiger partial charge in [-0.05, 0) is 64.5 Å². The van der Waals surface area contributed by atoms with E-state index in [1.165, 1.54) is 34.5 Å². The lowest BCUT2D eigenvalue weighted by Gasteiger charge is -2.51. The molecule has 0 spiro atoms. The van der Waals surface area contributed by atoms with E-state index >= 15 is 0 Å². The zero-order valence-electron chi connectivity index (χ0n) is 25.2. The highest BCUT2D eigenvalue weighted by molar-refractivity contribution is 7.07. The molecule has 40 heavy (non-hydrogen) atoms. The van der Waals surface area contributed by atoms with Crippen molar-refractivity contribution in [3.05, 3.63) is 139 Å². The molecule has 1 unspecified atom stereocenters. The SMILES string of the molecule is CCC/C(=C\N(c1ccccc1)[Si](c1ccccc1)(c1ccccc1)C(C)(C)C)C(CCC)Cc1ccccc1. The number of benzene rings is 4. The molecule has 4 rings (SSSR count). The van der Waals surface area contributed by atoms with Crippen LogP contribution in [0.25, 0.3) is 0 Å². The predicted octanol–water partition coefficient (Wildman–Crippen LogP) is 9.40. The van der Waals surface area contributed by atoms with E-state index in [9.17, 15) is 0 Å². The highest BCUT2D eigenvalue weighted by atomic mass is 28.3. The molecule has 1 atom stereocenters. The van der Waals surface area contributed by atoms with Crippen molar-refractivity contribution in [3.63, 3.8) is 0 Å². The van der Waals surface area contributed by atoms with Crippen LogP contribution in [0.5, 0.6) is 0 Å². The van der Waals surface area contributed by atoms with Crippen molar-refractivity contribution in [2.45, 2.75) is 71.8 Å². The molecule has 208 valence electrons. The molecule has 0 aliphatic rings. The Hall–Kier alpha value is -3.36. The van der Waals surface area contributed by atoms with Gasteiger partial charge in [-0.3, -0.25) is 0 Å². The highest BCUT2D eigenvalue weighted by Gasteiger charge is 2.53. The lowest BCUT2D eigenvalue weighted by atomic mass is 9.86. The molecule has 4 aromatic rings. The van der Waals surface area contributed by atoms with E-state index in [-0.39, 0.29) is 5.04 Å². The minimum absolute atomic E-state index is 0.000937. The molecule has 0 aromatic heterocycles. The molecule has 2 heteroatoms. The third-order valence-corrected chi connectivity index (χ3v) is 13.8. The Labute approximate surface area is 244 Å². The summed E-state index contributed by atoms with van der Waals surface area (Å²) in [6, 6.07) is 44.9. The van der Waals surface area contributed by atoms with Crippen LogP contribution >= 0.6 is 0 Å². The Kier molecular flexibility index (Phi) is 10.2. The Morgan fingerprint density at radius 1 is 0.675 bits per heavy atom. The van der Waals surface area contributed by atoms with Crippen LogP contribution in [0.3, 0.4) is 0 Å². The van der Waals surface area contributed by atoms with Crippen LogP contribution in [-0.4, -0.2) is 8.24 Å². The Bertz CT molecular complexity index is 1270. The first-order valence-electron chi connectivity index (χ1n) is 15.1. The molecule has 0 saturated carbocycles. The van der Waals surface area contributed by atoms with E-state index in [4.69, 9.17) is 0 Å². The fourth-order valence-electron chi connectivity index (χ4n) is 6.48. The summed E-state index contributed by atoms with van der Waals surface area (Å²) in [6.45, 7) is 12.0. The smallest absolute Gasteiger partial charge is 0.230 e. The van der Waals surface area contributed by atoms with Gasteiger partial charge < -0.3 is 4.57 Å². The molecule has 0 fully saturated rings. The topological polar surface area (TPSA) is 3.24 Å². The number of para-hydroxylation sites is 1. The molecule has 0 heterocycles. The second kappa shape index (κ2) is 13.8. The molecule has 4 aromatic carbocycles. The van der Waals surface area contributed by atoms with Gasteiger partial charge in [-0.2, -0.15) is 0 Å². The second-order valence-electron chi connectivity index (χ2n) is 12.0. The number of hydrogen-bond acceptors (Lipinski definition) is 1. The van der Waals surface area contributed by atoms with Gasteiger partial charge >= 0.3 is 0 Å². The summed E-state index contributed by atoms with van der Waals surface area (Å²) >= 11 is 0. The van der Waals surface area contributed by atoms with Gasteiger partial charge in [0.25, 0.3) is 0 Å². The average Bonchev–Trinajstić information content (AvgIpc) is 2.98. The van der Waals surface area contributed by atoms with Crippen molar-refractivity contribution in [1.82, 2.24) is 0 Å². The van der Waals surface area contributed by atoms with Crippen molar-refractivity contribution in [2.24, 2.45) is 5.92 Å². The third kappa shape index (κ3) is 6.50. The fourth-order valence-corrected chi connectivity index (χ4v) is 12.1. The maximum Gasteiger partial charge on any atom is 0.230 e.